The van der Waals surface area contributed by atoms with Crippen LogP contribution < -0.4 is 0 Å². The van der Waals surface area contributed by atoms with E-state index in [9.17, 15) is 5.11 Å². The SMILES string of the molecule is CC1CCC(O)C(CN2CCC(C(C)C)CC2)C1. The Balaban J connectivity index is 1.77. The Kier molecular flexibility index (Phi) is 5.08. The molecule has 0 spiro atoms. The lowest BCUT2D eigenvalue weighted by Crippen LogP contribution is -2.42. The molecule has 3 unspecified atom stereocenters. The quantitative estimate of drug-likeness (QED) is 0.835. The van der Waals surface area contributed by atoms with Crippen LogP contribution in [-0.4, -0.2) is 35.7 Å². The minimum absolute atomic E-state index is 0.0379. The lowest BCUT2D eigenvalue weighted by atomic mass is 9.79. The summed E-state index contributed by atoms with van der Waals surface area (Å²) in [6.07, 6.45) is 6.14. The van der Waals surface area contributed by atoms with Crippen molar-refractivity contribution in [1.29, 1.82) is 0 Å². The van der Waals surface area contributed by atoms with Crippen LogP contribution in [0.3, 0.4) is 0 Å². The van der Waals surface area contributed by atoms with E-state index >= 15 is 0 Å². The zero-order valence-electron chi connectivity index (χ0n) is 12.4. The first-order valence-electron chi connectivity index (χ1n) is 7.96. The molecule has 2 fully saturated rings. The van der Waals surface area contributed by atoms with E-state index in [4.69, 9.17) is 0 Å². The van der Waals surface area contributed by atoms with Crippen molar-refractivity contribution in [2.24, 2.45) is 23.7 Å². The molecule has 1 saturated carbocycles. The van der Waals surface area contributed by atoms with E-state index in [0.717, 1.165) is 30.7 Å². The van der Waals surface area contributed by atoms with Crippen LogP contribution >= 0.6 is 0 Å². The fraction of sp³-hybridized carbons (Fsp3) is 1.00. The fourth-order valence-corrected chi connectivity index (χ4v) is 3.81. The lowest BCUT2D eigenvalue weighted by molar-refractivity contribution is 0.0219. The Morgan fingerprint density at radius 2 is 1.78 bits per heavy atom. The molecule has 0 aromatic heterocycles. The second kappa shape index (κ2) is 6.38. The molecule has 106 valence electrons. The number of piperidine rings is 1. The molecule has 0 bridgehead atoms. The number of hydrogen-bond acceptors (Lipinski definition) is 2. The van der Waals surface area contributed by atoms with Gasteiger partial charge in [-0.2, -0.15) is 0 Å². The van der Waals surface area contributed by atoms with Gasteiger partial charge in [-0.05, 0) is 68.9 Å². The molecule has 2 nitrogen and oxygen atoms in total. The maximum atomic E-state index is 10.1. The summed E-state index contributed by atoms with van der Waals surface area (Å²) in [7, 11) is 0. The van der Waals surface area contributed by atoms with Crippen LogP contribution in [0.25, 0.3) is 0 Å². The van der Waals surface area contributed by atoms with Crippen molar-refractivity contribution in [2.75, 3.05) is 19.6 Å². The summed E-state index contributed by atoms with van der Waals surface area (Å²) >= 11 is 0. The highest BCUT2D eigenvalue weighted by molar-refractivity contribution is 4.82. The maximum Gasteiger partial charge on any atom is 0.0580 e. The third-order valence-corrected chi connectivity index (χ3v) is 5.27. The highest BCUT2D eigenvalue weighted by atomic mass is 16.3. The normalized spacial score (nSPS) is 36.2. The molecular formula is C16H31NO. The largest absolute Gasteiger partial charge is 0.393 e. The van der Waals surface area contributed by atoms with Gasteiger partial charge < -0.3 is 10.0 Å². The van der Waals surface area contributed by atoms with Crippen molar-refractivity contribution in [3.8, 4) is 0 Å². The molecular weight excluding hydrogens is 222 g/mol. The topological polar surface area (TPSA) is 23.5 Å². The second-order valence-electron chi connectivity index (χ2n) is 7.13. The van der Waals surface area contributed by atoms with Crippen molar-refractivity contribution < 1.29 is 5.11 Å². The Morgan fingerprint density at radius 1 is 1.11 bits per heavy atom. The molecule has 1 heterocycles. The zero-order valence-corrected chi connectivity index (χ0v) is 12.4. The zero-order chi connectivity index (χ0) is 13.1. The summed E-state index contributed by atoms with van der Waals surface area (Å²) in [6, 6.07) is 0. The van der Waals surface area contributed by atoms with Crippen LogP contribution in [0.5, 0.6) is 0 Å². The van der Waals surface area contributed by atoms with Gasteiger partial charge in [0, 0.05) is 6.54 Å². The van der Waals surface area contributed by atoms with Crippen LogP contribution in [0, 0.1) is 23.7 Å². The van der Waals surface area contributed by atoms with Gasteiger partial charge in [0.25, 0.3) is 0 Å². The van der Waals surface area contributed by atoms with Crippen molar-refractivity contribution in [3.63, 3.8) is 0 Å². The summed E-state index contributed by atoms with van der Waals surface area (Å²) < 4.78 is 0. The van der Waals surface area contributed by atoms with Crippen LogP contribution in [0.15, 0.2) is 0 Å². The molecule has 1 aliphatic carbocycles. The third-order valence-electron chi connectivity index (χ3n) is 5.27. The van der Waals surface area contributed by atoms with Gasteiger partial charge in [-0.1, -0.05) is 20.8 Å². The van der Waals surface area contributed by atoms with Crippen LogP contribution in [0.2, 0.25) is 0 Å². The number of aliphatic hydroxyl groups excluding tert-OH is 1. The Morgan fingerprint density at radius 3 is 2.39 bits per heavy atom. The fourth-order valence-electron chi connectivity index (χ4n) is 3.81. The van der Waals surface area contributed by atoms with Crippen molar-refractivity contribution >= 4 is 0 Å². The minimum atomic E-state index is -0.0379. The van der Waals surface area contributed by atoms with Gasteiger partial charge in [0.1, 0.15) is 0 Å². The smallest absolute Gasteiger partial charge is 0.0580 e. The van der Waals surface area contributed by atoms with E-state index in [0.29, 0.717) is 5.92 Å². The standard InChI is InChI=1S/C16H31NO/c1-12(2)14-6-8-17(9-7-14)11-15-10-13(3)4-5-16(15)18/h12-16,18H,4-11H2,1-3H3. The molecule has 1 aliphatic heterocycles. The Hall–Kier alpha value is -0.0800. The Bertz CT molecular complexity index is 245. The van der Waals surface area contributed by atoms with Gasteiger partial charge in [0.05, 0.1) is 6.10 Å². The van der Waals surface area contributed by atoms with Gasteiger partial charge in [-0.3, -0.25) is 0 Å². The van der Waals surface area contributed by atoms with Crippen molar-refractivity contribution in [2.45, 2.75) is 59.0 Å². The predicted molar refractivity (Wildman–Crippen MR) is 76.5 cm³/mol. The molecule has 0 aromatic rings. The number of likely N-dealkylation sites (tertiary alicyclic amines) is 1. The predicted octanol–water partition coefficient (Wildman–Crippen LogP) is 3.15. The maximum absolute atomic E-state index is 10.1. The molecule has 0 amide bonds. The lowest BCUT2D eigenvalue weighted by Gasteiger charge is -2.39. The number of aliphatic hydroxyl groups is 1. The van der Waals surface area contributed by atoms with Gasteiger partial charge in [-0.15, -0.1) is 0 Å². The molecule has 1 saturated heterocycles. The van der Waals surface area contributed by atoms with Gasteiger partial charge in [-0.25, -0.2) is 0 Å². The van der Waals surface area contributed by atoms with Crippen LogP contribution in [0.1, 0.15) is 52.9 Å². The minimum Gasteiger partial charge on any atom is -0.393 e. The molecule has 2 heteroatoms. The van der Waals surface area contributed by atoms with Crippen LogP contribution in [0.4, 0.5) is 0 Å². The van der Waals surface area contributed by atoms with E-state index in [-0.39, 0.29) is 6.10 Å². The first kappa shape index (κ1) is 14.3. The van der Waals surface area contributed by atoms with Crippen molar-refractivity contribution in [3.05, 3.63) is 0 Å². The molecule has 3 atom stereocenters. The van der Waals surface area contributed by atoms with Gasteiger partial charge in [0.2, 0.25) is 0 Å². The summed E-state index contributed by atoms with van der Waals surface area (Å²) in [4.78, 5) is 2.60. The average Bonchev–Trinajstić information content (AvgIpc) is 2.34. The molecule has 0 radical (unpaired) electrons. The summed E-state index contributed by atoms with van der Waals surface area (Å²) in [5, 5.41) is 10.1. The summed E-state index contributed by atoms with van der Waals surface area (Å²) in [6.45, 7) is 10.7. The highest BCUT2D eigenvalue weighted by Gasteiger charge is 2.30. The molecule has 0 aromatic carbocycles. The Labute approximate surface area is 113 Å². The number of hydrogen-bond donors (Lipinski definition) is 1. The average molecular weight is 253 g/mol. The summed E-state index contributed by atoms with van der Waals surface area (Å²) in [5.74, 6) is 3.11. The van der Waals surface area contributed by atoms with E-state index < -0.39 is 0 Å². The monoisotopic (exact) mass is 253 g/mol. The molecule has 1 N–H and O–H groups in total. The highest BCUT2D eigenvalue weighted by Crippen LogP contribution is 2.31. The first-order valence-corrected chi connectivity index (χ1v) is 7.96. The molecule has 2 rings (SSSR count). The molecule has 2 aliphatic rings. The van der Waals surface area contributed by atoms with E-state index in [1.165, 1.54) is 38.8 Å². The van der Waals surface area contributed by atoms with E-state index in [2.05, 4.69) is 25.7 Å². The second-order valence-corrected chi connectivity index (χ2v) is 7.13. The number of rotatable bonds is 3. The third kappa shape index (κ3) is 3.71. The van der Waals surface area contributed by atoms with E-state index in [1.807, 2.05) is 0 Å². The van der Waals surface area contributed by atoms with Gasteiger partial charge in [0.15, 0.2) is 0 Å². The first-order chi connectivity index (χ1) is 8.56. The van der Waals surface area contributed by atoms with Gasteiger partial charge >= 0.3 is 0 Å². The van der Waals surface area contributed by atoms with Crippen molar-refractivity contribution in [1.82, 2.24) is 4.90 Å². The summed E-state index contributed by atoms with van der Waals surface area (Å²) in [5.41, 5.74) is 0. The van der Waals surface area contributed by atoms with Crippen LogP contribution in [-0.2, 0) is 0 Å². The number of nitrogens with zero attached hydrogens (tertiary/aromatic N) is 1. The molecule has 18 heavy (non-hydrogen) atoms. The van der Waals surface area contributed by atoms with E-state index in [1.54, 1.807) is 0 Å².